The van der Waals surface area contributed by atoms with Crippen LogP contribution in [0.15, 0.2) is 35.6 Å². The Morgan fingerprint density at radius 3 is 2.89 bits per heavy atom. The lowest BCUT2D eigenvalue weighted by Gasteiger charge is -2.00. The van der Waals surface area contributed by atoms with Crippen LogP contribution < -0.4 is 5.43 Å². The van der Waals surface area contributed by atoms with Gasteiger partial charge in [0.05, 0.1) is 6.42 Å². The van der Waals surface area contributed by atoms with Gasteiger partial charge in [0.2, 0.25) is 5.91 Å². The van der Waals surface area contributed by atoms with Crippen LogP contribution in [0.2, 0.25) is 0 Å². The van der Waals surface area contributed by atoms with E-state index in [4.69, 9.17) is 0 Å². The maximum absolute atomic E-state index is 11.9. The summed E-state index contributed by atoms with van der Waals surface area (Å²) in [4.78, 5) is 15.1. The fraction of sp³-hybridized carbons (Fsp3) is 0.333. The van der Waals surface area contributed by atoms with E-state index in [9.17, 15) is 4.79 Å². The van der Waals surface area contributed by atoms with E-state index in [1.165, 1.54) is 12.8 Å². The van der Waals surface area contributed by atoms with Crippen LogP contribution in [0, 0.1) is 0 Å². The summed E-state index contributed by atoms with van der Waals surface area (Å²) in [6, 6.07) is 8.00. The fourth-order valence-electron chi connectivity index (χ4n) is 2.53. The third kappa shape index (κ3) is 2.67. The number of aromatic amines is 1. The van der Waals surface area contributed by atoms with E-state index < -0.39 is 0 Å². The van der Waals surface area contributed by atoms with Gasteiger partial charge in [0.1, 0.15) is 0 Å². The molecule has 1 aliphatic carbocycles. The molecule has 1 saturated carbocycles. The van der Waals surface area contributed by atoms with Crippen LogP contribution in [0.3, 0.4) is 0 Å². The van der Waals surface area contributed by atoms with Crippen molar-refractivity contribution in [1.29, 1.82) is 0 Å². The normalized spacial score (nSPS) is 14.8. The lowest BCUT2D eigenvalue weighted by atomic mass is 10.1. The first kappa shape index (κ1) is 12.0. The van der Waals surface area contributed by atoms with Gasteiger partial charge in [-0.25, -0.2) is 5.43 Å². The Balaban J connectivity index is 1.67. The van der Waals surface area contributed by atoms with Crippen molar-refractivity contribution in [3.05, 3.63) is 36.0 Å². The van der Waals surface area contributed by atoms with E-state index in [0.717, 1.165) is 35.0 Å². The zero-order valence-corrected chi connectivity index (χ0v) is 10.8. The molecule has 2 aromatic rings. The summed E-state index contributed by atoms with van der Waals surface area (Å²) in [6.07, 6.45) is 6.68. The van der Waals surface area contributed by atoms with Gasteiger partial charge in [-0.1, -0.05) is 18.2 Å². The molecule has 0 unspecified atom stereocenters. The molecule has 1 aromatic heterocycles. The maximum Gasteiger partial charge on any atom is 0.244 e. The standard InChI is InChI=1S/C15H17N3O/c19-15(18-17-12-5-1-2-6-12)9-11-10-16-14-8-4-3-7-13(11)14/h3-4,7-8,10,16H,1-2,5-6,9H2,(H,18,19). The summed E-state index contributed by atoms with van der Waals surface area (Å²) in [6.45, 7) is 0. The summed E-state index contributed by atoms with van der Waals surface area (Å²) in [7, 11) is 0. The first-order chi connectivity index (χ1) is 9.33. The Morgan fingerprint density at radius 1 is 1.26 bits per heavy atom. The molecule has 19 heavy (non-hydrogen) atoms. The molecule has 1 aliphatic rings. The number of fused-ring (bicyclic) bond motifs is 1. The zero-order chi connectivity index (χ0) is 13.1. The number of rotatable bonds is 3. The quantitative estimate of drug-likeness (QED) is 0.814. The van der Waals surface area contributed by atoms with Crippen LogP contribution in [0.25, 0.3) is 10.9 Å². The number of nitrogens with zero attached hydrogens (tertiary/aromatic N) is 1. The molecule has 4 nitrogen and oxygen atoms in total. The highest BCUT2D eigenvalue weighted by Crippen LogP contribution is 2.18. The highest BCUT2D eigenvalue weighted by Gasteiger charge is 2.10. The predicted molar refractivity (Wildman–Crippen MR) is 76.0 cm³/mol. The SMILES string of the molecule is O=C(Cc1c[nH]c2ccccc12)NN=C1CCCC1. The molecule has 0 saturated heterocycles. The Kier molecular flexibility index (Phi) is 3.31. The third-order valence-electron chi connectivity index (χ3n) is 3.55. The average molecular weight is 255 g/mol. The van der Waals surface area contributed by atoms with Crippen molar-refractivity contribution in [2.75, 3.05) is 0 Å². The first-order valence-electron chi connectivity index (χ1n) is 6.72. The van der Waals surface area contributed by atoms with Crippen molar-refractivity contribution >= 4 is 22.5 Å². The number of nitrogens with one attached hydrogen (secondary N) is 2. The van der Waals surface area contributed by atoms with Gasteiger partial charge in [-0.3, -0.25) is 4.79 Å². The molecule has 0 atom stereocenters. The Bertz CT molecular complexity index is 619. The summed E-state index contributed by atoms with van der Waals surface area (Å²) < 4.78 is 0. The van der Waals surface area contributed by atoms with Gasteiger partial charge in [0.15, 0.2) is 0 Å². The van der Waals surface area contributed by atoms with Crippen LogP contribution in [0.1, 0.15) is 31.2 Å². The van der Waals surface area contributed by atoms with E-state index in [0.29, 0.717) is 6.42 Å². The number of aromatic nitrogens is 1. The summed E-state index contributed by atoms with van der Waals surface area (Å²) >= 11 is 0. The lowest BCUT2D eigenvalue weighted by Crippen LogP contribution is -2.20. The van der Waals surface area contributed by atoms with Gasteiger partial charge in [0, 0.05) is 22.8 Å². The molecule has 1 amide bonds. The monoisotopic (exact) mass is 255 g/mol. The van der Waals surface area contributed by atoms with Gasteiger partial charge < -0.3 is 4.98 Å². The van der Waals surface area contributed by atoms with Crippen LogP contribution in [0.5, 0.6) is 0 Å². The average Bonchev–Trinajstić information content (AvgIpc) is 3.07. The first-order valence-corrected chi connectivity index (χ1v) is 6.72. The second-order valence-corrected chi connectivity index (χ2v) is 4.96. The Hall–Kier alpha value is -2.10. The summed E-state index contributed by atoms with van der Waals surface area (Å²) in [5, 5.41) is 5.29. The third-order valence-corrected chi connectivity index (χ3v) is 3.55. The van der Waals surface area contributed by atoms with E-state index in [1.54, 1.807) is 0 Å². The van der Waals surface area contributed by atoms with Crippen molar-refractivity contribution < 1.29 is 4.79 Å². The van der Waals surface area contributed by atoms with Crippen molar-refractivity contribution in [2.45, 2.75) is 32.1 Å². The molecule has 4 heteroatoms. The number of hydrogen-bond donors (Lipinski definition) is 2. The van der Waals surface area contributed by atoms with Crippen LogP contribution in [-0.4, -0.2) is 16.6 Å². The van der Waals surface area contributed by atoms with Crippen molar-refractivity contribution in [3.63, 3.8) is 0 Å². The van der Waals surface area contributed by atoms with Crippen molar-refractivity contribution in [3.8, 4) is 0 Å². The summed E-state index contributed by atoms with van der Waals surface area (Å²) in [5.41, 5.74) is 5.86. The maximum atomic E-state index is 11.9. The molecule has 0 radical (unpaired) electrons. The number of carbonyl (C=O) groups excluding carboxylic acids is 1. The zero-order valence-electron chi connectivity index (χ0n) is 10.8. The van der Waals surface area contributed by atoms with Gasteiger partial charge in [0.25, 0.3) is 0 Å². The highest BCUT2D eigenvalue weighted by molar-refractivity contribution is 5.90. The largest absolute Gasteiger partial charge is 0.361 e. The van der Waals surface area contributed by atoms with E-state index in [1.807, 2.05) is 30.5 Å². The highest BCUT2D eigenvalue weighted by atomic mass is 16.2. The second-order valence-electron chi connectivity index (χ2n) is 4.96. The molecule has 1 heterocycles. The molecule has 2 N–H and O–H groups in total. The van der Waals surface area contributed by atoms with Crippen LogP contribution in [-0.2, 0) is 11.2 Å². The molecule has 0 spiro atoms. The molecular weight excluding hydrogens is 238 g/mol. The predicted octanol–water partition coefficient (Wildman–Crippen LogP) is 2.76. The molecule has 1 fully saturated rings. The molecule has 1 aromatic carbocycles. The van der Waals surface area contributed by atoms with Gasteiger partial charge in [-0.05, 0) is 37.3 Å². The summed E-state index contributed by atoms with van der Waals surface area (Å²) in [5.74, 6) is -0.0517. The molecule has 0 bridgehead atoms. The van der Waals surface area contributed by atoms with Gasteiger partial charge in [-0.2, -0.15) is 5.10 Å². The second kappa shape index (κ2) is 5.26. The molecule has 3 rings (SSSR count). The molecular formula is C15H17N3O. The van der Waals surface area contributed by atoms with E-state index in [2.05, 4.69) is 15.5 Å². The topological polar surface area (TPSA) is 57.2 Å². The number of benzene rings is 1. The minimum Gasteiger partial charge on any atom is -0.361 e. The van der Waals surface area contributed by atoms with Crippen LogP contribution >= 0.6 is 0 Å². The lowest BCUT2D eigenvalue weighted by molar-refractivity contribution is -0.120. The molecule has 0 aliphatic heterocycles. The van der Waals surface area contributed by atoms with E-state index in [-0.39, 0.29) is 5.91 Å². The van der Waals surface area contributed by atoms with Crippen molar-refractivity contribution in [1.82, 2.24) is 10.4 Å². The number of hydrogen-bond acceptors (Lipinski definition) is 2. The minimum atomic E-state index is -0.0517. The Morgan fingerprint density at radius 2 is 2.05 bits per heavy atom. The minimum absolute atomic E-state index is 0.0517. The fourth-order valence-corrected chi connectivity index (χ4v) is 2.53. The number of carbonyl (C=O) groups is 1. The smallest absolute Gasteiger partial charge is 0.244 e. The number of para-hydroxylation sites is 1. The number of amides is 1. The van der Waals surface area contributed by atoms with Crippen molar-refractivity contribution in [2.24, 2.45) is 5.10 Å². The number of hydrazone groups is 1. The van der Waals surface area contributed by atoms with E-state index >= 15 is 0 Å². The number of H-pyrrole nitrogens is 1. The van der Waals surface area contributed by atoms with Gasteiger partial charge >= 0.3 is 0 Å². The van der Waals surface area contributed by atoms with Crippen LogP contribution in [0.4, 0.5) is 0 Å². The van der Waals surface area contributed by atoms with Gasteiger partial charge in [-0.15, -0.1) is 0 Å². The Labute approximate surface area is 111 Å². The molecule has 98 valence electrons.